The molecule has 0 unspecified atom stereocenters. The Balaban J connectivity index is 2.03. The van der Waals surface area contributed by atoms with Gasteiger partial charge in [-0.3, -0.25) is 0 Å². The molecule has 0 aliphatic heterocycles. The normalized spacial score (nSPS) is 15.3. The van der Waals surface area contributed by atoms with Crippen LogP contribution in [-0.2, 0) is 9.84 Å². The maximum absolute atomic E-state index is 13.2. The van der Waals surface area contributed by atoms with E-state index < -0.39 is 9.84 Å². The van der Waals surface area contributed by atoms with Gasteiger partial charge in [-0.05, 0) is 0 Å². The molecular formula is C20H20O2SSe. The van der Waals surface area contributed by atoms with Crippen LogP contribution in [0.25, 0.3) is 0 Å². The molecule has 2 aromatic rings. The van der Waals surface area contributed by atoms with Crippen LogP contribution in [0.2, 0.25) is 0 Å². The van der Waals surface area contributed by atoms with Gasteiger partial charge >= 0.3 is 150 Å². The molecule has 0 aromatic heterocycles. The van der Waals surface area contributed by atoms with Crippen molar-refractivity contribution in [1.82, 2.24) is 0 Å². The Hall–Kier alpha value is -1.61. The summed E-state index contributed by atoms with van der Waals surface area (Å²) < 4.78 is 28.6. The monoisotopic (exact) mass is 404 g/mol. The molecule has 124 valence electrons. The van der Waals surface area contributed by atoms with Gasteiger partial charge in [0.1, 0.15) is 0 Å². The summed E-state index contributed by atoms with van der Waals surface area (Å²) in [7, 11) is -3.43. The molecule has 0 fully saturated rings. The molecule has 4 heteroatoms. The second-order valence-corrected chi connectivity index (χ2v) is 10.4. The molecular weight excluding hydrogens is 383 g/mol. The van der Waals surface area contributed by atoms with Crippen molar-refractivity contribution in [3.63, 3.8) is 0 Å². The Bertz CT molecular complexity index is 892. The number of rotatable bonds is 4. The predicted molar refractivity (Wildman–Crippen MR) is 100 cm³/mol. The number of hydrogen-bond donors (Lipinski definition) is 0. The minimum absolute atomic E-state index is 0.0333. The van der Waals surface area contributed by atoms with Crippen molar-refractivity contribution < 1.29 is 8.42 Å². The zero-order valence-electron chi connectivity index (χ0n) is 13.8. The molecule has 0 heterocycles. The first-order chi connectivity index (χ1) is 11.5. The molecule has 3 rings (SSSR count). The fourth-order valence-corrected chi connectivity index (χ4v) is 7.08. The Kier molecular flexibility index (Phi) is 5.09. The van der Waals surface area contributed by atoms with Crippen LogP contribution in [0.4, 0.5) is 0 Å². The molecule has 0 N–H and O–H groups in total. The van der Waals surface area contributed by atoms with E-state index in [2.05, 4.69) is 18.2 Å². The topological polar surface area (TPSA) is 34.1 Å². The summed E-state index contributed by atoms with van der Waals surface area (Å²) in [6.45, 7) is 3.98. The van der Waals surface area contributed by atoms with Gasteiger partial charge < -0.3 is 0 Å². The van der Waals surface area contributed by atoms with Gasteiger partial charge in [0.15, 0.2) is 0 Å². The summed E-state index contributed by atoms with van der Waals surface area (Å²) in [6.07, 6.45) is 3.43. The van der Waals surface area contributed by atoms with Crippen LogP contribution in [0, 0.1) is 6.92 Å². The van der Waals surface area contributed by atoms with Crippen molar-refractivity contribution in [2.75, 3.05) is 0 Å². The van der Waals surface area contributed by atoms with E-state index in [9.17, 15) is 8.42 Å². The van der Waals surface area contributed by atoms with Crippen LogP contribution in [0.1, 0.15) is 25.3 Å². The second kappa shape index (κ2) is 7.10. The van der Waals surface area contributed by atoms with E-state index in [1.807, 2.05) is 44.2 Å². The summed E-state index contributed by atoms with van der Waals surface area (Å²) in [4.78, 5) is 1.01. The van der Waals surface area contributed by atoms with Gasteiger partial charge in [0.05, 0.1) is 0 Å². The van der Waals surface area contributed by atoms with Crippen LogP contribution in [0.3, 0.4) is 0 Å². The van der Waals surface area contributed by atoms with Gasteiger partial charge in [0.25, 0.3) is 0 Å². The molecule has 24 heavy (non-hydrogen) atoms. The van der Waals surface area contributed by atoms with Crippen LogP contribution in [0.5, 0.6) is 0 Å². The molecule has 2 aromatic carbocycles. The van der Waals surface area contributed by atoms with E-state index in [1.165, 1.54) is 4.46 Å². The molecule has 0 amide bonds. The quantitative estimate of drug-likeness (QED) is 0.576. The van der Waals surface area contributed by atoms with Crippen molar-refractivity contribution in [1.29, 1.82) is 0 Å². The van der Waals surface area contributed by atoms with Crippen molar-refractivity contribution in [3.8, 4) is 0 Å². The first-order valence-electron chi connectivity index (χ1n) is 7.89. The molecule has 0 atom stereocenters. The van der Waals surface area contributed by atoms with E-state index in [4.69, 9.17) is 0 Å². The van der Waals surface area contributed by atoms with E-state index in [0.717, 1.165) is 22.0 Å². The summed E-state index contributed by atoms with van der Waals surface area (Å²) in [5.74, 6) is 0. The zero-order valence-corrected chi connectivity index (χ0v) is 16.4. The first-order valence-corrected chi connectivity index (χ1v) is 11.1. The average Bonchev–Trinajstić information content (AvgIpc) is 2.58. The predicted octanol–water partition coefficient (Wildman–Crippen LogP) is 3.75. The Morgan fingerprint density at radius 2 is 1.58 bits per heavy atom. The van der Waals surface area contributed by atoms with Gasteiger partial charge in [-0.1, -0.05) is 0 Å². The van der Waals surface area contributed by atoms with Crippen LogP contribution >= 0.6 is 0 Å². The Labute approximate surface area is 150 Å². The molecule has 1 aliphatic carbocycles. The minimum atomic E-state index is -3.43. The molecule has 0 saturated carbocycles. The van der Waals surface area contributed by atoms with E-state index in [-0.39, 0.29) is 15.0 Å². The molecule has 1 aliphatic rings. The Morgan fingerprint density at radius 3 is 2.25 bits per heavy atom. The maximum atomic E-state index is 13.2. The third-order valence-electron chi connectivity index (χ3n) is 4.03. The molecule has 2 nitrogen and oxygen atoms in total. The van der Waals surface area contributed by atoms with Crippen LogP contribution < -0.4 is 4.46 Å². The molecule has 0 radical (unpaired) electrons. The first kappa shape index (κ1) is 17.2. The van der Waals surface area contributed by atoms with Gasteiger partial charge in [-0.25, -0.2) is 0 Å². The van der Waals surface area contributed by atoms with Crippen molar-refractivity contribution >= 4 is 29.3 Å². The number of sulfone groups is 1. The van der Waals surface area contributed by atoms with Gasteiger partial charge in [0, 0.05) is 0 Å². The van der Waals surface area contributed by atoms with Crippen LogP contribution in [0.15, 0.2) is 80.5 Å². The SMILES string of the molecule is CC1=CCC([Se]c2ccccc2)=C(S(=O)(=O)c2ccc(C)cc2)C1. The van der Waals surface area contributed by atoms with Crippen LogP contribution in [-0.4, -0.2) is 23.4 Å². The molecule has 0 saturated heterocycles. The third kappa shape index (κ3) is 3.72. The summed E-state index contributed by atoms with van der Waals surface area (Å²) in [6, 6.07) is 17.3. The standard InChI is InChI=1S/C20H20O2SSe/c1-15-8-11-17(12-9-15)23(21,22)19-14-16(2)10-13-20(19)24-18-6-4-3-5-7-18/h3-12H,13-14H2,1-2H3. The van der Waals surface area contributed by atoms with Gasteiger partial charge in [-0.2, -0.15) is 0 Å². The Morgan fingerprint density at radius 1 is 0.917 bits per heavy atom. The van der Waals surface area contributed by atoms with Crippen molar-refractivity contribution in [2.24, 2.45) is 0 Å². The third-order valence-corrected chi connectivity index (χ3v) is 8.70. The zero-order chi connectivity index (χ0) is 17.2. The fourth-order valence-electron chi connectivity index (χ4n) is 2.64. The second-order valence-electron chi connectivity index (χ2n) is 6.01. The number of aryl methyl sites for hydroxylation is 1. The summed E-state index contributed by atoms with van der Waals surface area (Å²) in [5.41, 5.74) is 2.20. The van der Waals surface area contributed by atoms with Crippen molar-refractivity contribution in [2.45, 2.75) is 31.6 Å². The van der Waals surface area contributed by atoms with Crippen molar-refractivity contribution in [3.05, 3.63) is 81.2 Å². The number of allylic oxidation sites excluding steroid dienone is 4. The van der Waals surface area contributed by atoms with E-state index in [0.29, 0.717) is 16.2 Å². The van der Waals surface area contributed by atoms with E-state index in [1.54, 1.807) is 12.1 Å². The fraction of sp³-hybridized carbons (Fsp3) is 0.200. The summed E-state index contributed by atoms with van der Waals surface area (Å²) >= 11 is 0.0333. The van der Waals surface area contributed by atoms with Gasteiger partial charge in [-0.15, -0.1) is 0 Å². The van der Waals surface area contributed by atoms with Gasteiger partial charge in [0.2, 0.25) is 0 Å². The van der Waals surface area contributed by atoms with E-state index >= 15 is 0 Å². The summed E-state index contributed by atoms with van der Waals surface area (Å²) in [5, 5.41) is 0. The molecule has 0 spiro atoms. The molecule has 0 bridgehead atoms. The average molecular weight is 403 g/mol. The number of hydrogen-bond acceptors (Lipinski definition) is 2. The number of benzene rings is 2.